The predicted molar refractivity (Wildman–Crippen MR) is 81.0 cm³/mol. The van der Waals surface area contributed by atoms with Crippen molar-refractivity contribution in [3.05, 3.63) is 54.4 Å². The minimum Gasteiger partial charge on any atom is -0.328 e. The molecule has 3 aromatic heterocycles. The summed E-state index contributed by atoms with van der Waals surface area (Å²) in [4.78, 5) is 12.6. The fourth-order valence-corrected chi connectivity index (χ4v) is 2.05. The summed E-state index contributed by atoms with van der Waals surface area (Å²) in [6.07, 6.45) is 3.33. The molecular formula is C16H11N5O2. The van der Waals surface area contributed by atoms with E-state index < -0.39 is 0 Å². The number of nitrogens with zero attached hydrogens (tertiary/aromatic N) is 5. The highest BCUT2D eigenvalue weighted by Gasteiger charge is 2.18. The van der Waals surface area contributed by atoms with Crippen LogP contribution in [-0.4, -0.2) is 25.3 Å². The Labute approximate surface area is 131 Å². The van der Waals surface area contributed by atoms with Gasteiger partial charge in [0.25, 0.3) is 0 Å². The first-order chi connectivity index (χ1) is 11.3. The Kier molecular flexibility index (Phi) is 3.16. The summed E-state index contributed by atoms with van der Waals surface area (Å²) in [7, 11) is 0. The van der Waals surface area contributed by atoms with Crippen molar-refractivity contribution in [3.63, 3.8) is 0 Å². The van der Waals surface area contributed by atoms with Crippen LogP contribution in [0.25, 0.3) is 34.6 Å². The van der Waals surface area contributed by atoms with E-state index in [2.05, 4.69) is 25.3 Å². The smallest absolute Gasteiger partial charge is 0.316 e. The molecule has 0 radical (unpaired) electrons. The van der Waals surface area contributed by atoms with Gasteiger partial charge in [0.15, 0.2) is 0 Å². The van der Waals surface area contributed by atoms with Crippen molar-refractivity contribution in [3.8, 4) is 34.6 Å². The second-order valence-corrected chi connectivity index (χ2v) is 4.95. The zero-order valence-corrected chi connectivity index (χ0v) is 12.2. The van der Waals surface area contributed by atoms with E-state index >= 15 is 0 Å². The Balaban J connectivity index is 1.65. The average molecular weight is 305 g/mol. The first-order valence-corrected chi connectivity index (χ1v) is 6.95. The second-order valence-electron chi connectivity index (χ2n) is 4.95. The van der Waals surface area contributed by atoms with Gasteiger partial charge in [-0.1, -0.05) is 40.1 Å². The Morgan fingerprint density at radius 1 is 0.783 bits per heavy atom. The highest BCUT2D eigenvalue weighted by molar-refractivity contribution is 5.58. The van der Waals surface area contributed by atoms with Crippen LogP contribution in [-0.2, 0) is 0 Å². The maximum atomic E-state index is 5.21. The van der Waals surface area contributed by atoms with E-state index in [9.17, 15) is 0 Å². The third-order valence-corrected chi connectivity index (χ3v) is 3.26. The van der Waals surface area contributed by atoms with Crippen LogP contribution in [0.5, 0.6) is 0 Å². The van der Waals surface area contributed by atoms with Crippen molar-refractivity contribution < 1.29 is 9.05 Å². The van der Waals surface area contributed by atoms with Gasteiger partial charge in [0, 0.05) is 23.5 Å². The number of hydrogen-bond acceptors (Lipinski definition) is 7. The van der Waals surface area contributed by atoms with Gasteiger partial charge < -0.3 is 9.05 Å². The van der Waals surface area contributed by atoms with Crippen LogP contribution < -0.4 is 0 Å². The lowest BCUT2D eigenvalue weighted by atomic mass is 10.1. The fourth-order valence-electron chi connectivity index (χ4n) is 2.05. The molecule has 4 rings (SSSR count). The molecule has 7 nitrogen and oxygen atoms in total. The molecule has 0 aliphatic heterocycles. The molecule has 0 saturated carbocycles. The Morgan fingerprint density at radius 2 is 1.43 bits per heavy atom. The minimum atomic E-state index is 0.176. The largest absolute Gasteiger partial charge is 0.328 e. The summed E-state index contributed by atoms with van der Waals surface area (Å²) in [6, 6.07) is 11.5. The summed E-state index contributed by atoms with van der Waals surface area (Å²) in [6.45, 7) is 2.02. The standard InChI is InChI=1S/C16H11N5O2/c1-10-4-6-11(7-5-10)13-18-15(22-20-13)16-19-14(21-23-16)12-3-2-8-17-9-12/h2-9H,1H3. The summed E-state index contributed by atoms with van der Waals surface area (Å²) in [5.74, 6) is 1.25. The molecule has 0 aliphatic carbocycles. The molecular weight excluding hydrogens is 294 g/mol. The predicted octanol–water partition coefficient (Wildman–Crippen LogP) is 3.16. The lowest BCUT2D eigenvalue weighted by Gasteiger charge is -1.94. The number of pyridine rings is 1. The van der Waals surface area contributed by atoms with E-state index in [0.717, 1.165) is 16.7 Å². The molecule has 3 heterocycles. The minimum absolute atomic E-state index is 0.176. The second kappa shape index (κ2) is 5.45. The quantitative estimate of drug-likeness (QED) is 0.574. The molecule has 0 fully saturated rings. The summed E-state index contributed by atoms with van der Waals surface area (Å²) in [5, 5.41) is 7.85. The van der Waals surface area contributed by atoms with Crippen molar-refractivity contribution >= 4 is 0 Å². The molecule has 0 N–H and O–H groups in total. The molecule has 0 spiro atoms. The van der Waals surface area contributed by atoms with Gasteiger partial charge in [-0.05, 0) is 19.1 Å². The number of aromatic nitrogens is 5. The summed E-state index contributed by atoms with van der Waals surface area (Å²) < 4.78 is 10.4. The van der Waals surface area contributed by atoms with E-state index in [0.29, 0.717) is 11.6 Å². The number of aryl methyl sites for hydroxylation is 1. The van der Waals surface area contributed by atoms with Crippen LogP contribution >= 0.6 is 0 Å². The zero-order chi connectivity index (χ0) is 15.6. The Hall–Kier alpha value is -3.35. The Morgan fingerprint density at radius 3 is 2.04 bits per heavy atom. The molecule has 1 aromatic carbocycles. The van der Waals surface area contributed by atoms with Gasteiger partial charge in [-0.2, -0.15) is 9.97 Å². The average Bonchev–Trinajstić information content (AvgIpc) is 3.26. The van der Waals surface area contributed by atoms with Crippen LogP contribution in [0.4, 0.5) is 0 Å². The molecule has 23 heavy (non-hydrogen) atoms. The third-order valence-electron chi connectivity index (χ3n) is 3.26. The van der Waals surface area contributed by atoms with Gasteiger partial charge in [0.2, 0.25) is 11.6 Å². The van der Waals surface area contributed by atoms with Crippen LogP contribution in [0.1, 0.15) is 5.56 Å². The summed E-state index contributed by atoms with van der Waals surface area (Å²) >= 11 is 0. The van der Waals surface area contributed by atoms with E-state index in [1.807, 2.05) is 37.3 Å². The third kappa shape index (κ3) is 2.59. The lowest BCUT2D eigenvalue weighted by Crippen LogP contribution is -1.83. The fraction of sp³-hybridized carbons (Fsp3) is 0.0625. The number of benzene rings is 1. The molecule has 0 saturated heterocycles. The first-order valence-electron chi connectivity index (χ1n) is 6.95. The van der Waals surface area contributed by atoms with Gasteiger partial charge in [0.05, 0.1) is 0 Å². The SMILES string of the molecule is Cc1ccc(-c2noc(-c3nc(-c4cccnc4)no3)n2)cc1. The van der Waals surface area contributed by atoms with E-state index in [-0.39, 0.29) is 11.8 Å². The molecule has 7 heteroatoms. The van der Waals surface area contributed by atoms with Gasteiger partial charge in [-0.3, -0.25) is 4.98 Å². The molecule has 4 aromatic rings. The highest BCUT2D eigenvalue weighted by Crippen LogP contribution is 2.23. The van der Waals surface area contributed by atoms with Crippen LogP contribution in [0.15, 0.2) is 57.8 Å². The number of hydrogen-bond donors (Lipinski definition) is 0. The topological polar surface area (TPSA) is 90.7 Å². The lowest BCUT2D eigenvalue weighted by molar-refractivity contribution is 0.383. The molecule has 112 valence electrons. The zero-order valence-electron chi connectivity index (χ0n) is 12.2. The highest BCUT2D eigenvalue weighted by atomic mass is 16.5. The molecule has 0 bridgehead atoms. The van der Waals surface area contributed by atoms with Crippen molar-refractivity contribution in [2.24, 2.45) is 0 Å². The Bertz CT molecular complexity index is 929. The first kappa shape index (κ1) is 13.3. The number of rotatable bonds is 3. The van der Waals surface area contributed by atoms with Crippen LogP contribution in [0.3, 0.4) is 0 Å². The van der Waals surface area contributed by atoms with Gasteiger partial charge in [-0.25, -0.2) is 0 Å². The van der Waals surface area contributed by atoms with Crippen molar-refractivity contribution in [2.45, 2.75) is 6.92 Å². The van der Waals surface area contributed by atoms with Crippen molar-refractivity contribution in [1.82, 2.24) is 25.3 Å². The van der Waals surface area contributed by atoms with E-state index in [1.54, 1.807) is 18.5 Å². The van der Waals surface area contributed by atoms with Crippen LogP contribution in [0, 0.1) is 6.92 Å². The molecule has 0 aliphatic rings. The monoisotopic (exact) mass is 305 g/mol. The van der Waals surface area contributed by atoms with E-state index in [1.165, 1.54) is 0 Å². The molecule has 0 unspecified atom stereocenters. The van der Waals surface area contributed by atoms with Crippen molar-refractivity contribution in [1.29, 1.82) is 0 Å². The maximum absolute atomic E-state index is 5.21. The van der Waals surface area contributed by atoms with Gasteiger partial charge in [0.1, 0.15) is 0 Å². The van der Waals surface area contributed by atoms with Gasteiger partial charge in [-0.15, -0.1) is 0 Å². The normalized spacial score (nSPS) is 10.8. The summed E-state index contributed by atoms with van der Waals surface area (Å²) in [5.41, 5.74) is 2.77. The van der Waals surface area contributed by atoms with Gasteiger partial charge >= 0.3 is 11.8 Å². The van der Waals surface area contributed by atoms with Crippen LogP contribution in [0.2, 0.25) is 0 Å². The molecule has 0 atom stereocenters. The van der Waals surface area contributed by atoms with Crippen molar-refractivity contribution in [2.75, 3.05) is 0 Å². The molecule has 0 amide bonds. The van der Waals surface area contributed by atoms with E-state index in [4.69, 9.17) is 9.05 Å². The maximum Gasteiger partial charge on any atom is 0.316 e.